The van der Waals surface area contributed by atoms with E-state index in [2.05, 4.69) is 5.32 Å². The van der Waals surface area contributed by atoms with Crippen LogP contribution in [-0.2, 0) is 20.6 Å². The maximum Gasteiger partial charge on any atom is 0.290 e. The van der Waals surface area contributed by atoms with Crippen LogP contribution < -0.4 is 22.2 Å². The van der Waals surface area contributed by atoms with Crippen LogP contribution in [0, 0.1) is 12.7 Å². The molecular formula is C29H26FN5O5. The van der Waals surface area contributed by atoms with Crippen molar-refractivity contribution in [2.45, 2.75) is 20.4 Å². The van der Waals surface area contributed by atoms with Crippen LogP contribution in [0.15, 0.2) is 68.8 Å². The molecule has 0 saturated carbocycles. The van der Waals surface area contributed by atoms with Crippen molar-refractivity contribution < 1.29 is 18.5 Å². The predicted octanol–water partition coefficient (Wildman–Crippen LogP) is 3.78. The van der Waals surface area contributed by atoms with E-state index in [1.165, 1.54) is 15.4 Å². The molecule has 10 nitrogen and oxygen atoms in total. The molecule has 0 radical (unpaired) electrons. The molecule has 0 atom stereocenters. The van der Waals surface area contributed by atoms with Crippen molar-refractivity contribution in [3.05, 3.63) is 98.1 Å². The fourth-order valence-electron chi connectivity index (χ4n) is 4.99. The summed E-state index contributed by atoms with van der Waals surface area (Å²) < 4.78 is 23.7. The summed E-state index contributed by atoms with van der Waals surface area (Å²) in [7, 11) is 3.10. The van der Waals surface area contributed by atoms with E-state index in [1.807, 2.05) is 41.8 Å². The fraction of sp³-hybridized carbons (Fsp3) is 0.172. The molecule has 2 amide bonds. The highest BCUT2D eigenvalue weighted by Crippen LogP contribution is 2.31. The van der Waals surface area contributed by atoms with E-state index in [0.29, 0.717) is 34.3 Å². The average molecular weight is 544 g/mol. The highest BCUT2D eigenvalue weighted by atomic mass is 19.1. The average Bonchev–Trinajstić information content (AvgIpc) is 3.40. The lowest BCUT2D eigenvalue weighted by Crippen LogP contribution is -2.28. The van der Waals surface area contributed by atoms with Gasteiger partial charge in [-0.15, -0.1) is 0 Å². The molecule has 0 aliphatic rings. The summed E-state index contributed by atoms with van der Waals surface area (Å²) in [6.07, 6.45) is 1.65. The molecule has 3 N–H and O–H groups in total. The van der Waals surface area contributed by atoms with Crippen LogP contribution in [-0.4, -0.2) is 25.7 Å². The molecule has 0 aliphatic heterocycles. The zero-order valence-corrected chi connectivity index (χ0v) is 22.2. The fourth-order valence-corrected chi connectivity index (χ4v) is 4.99. The first kappa shape index (κ1) is 26.4. The molecule has 11 heteroatoms. The molecule has 2 aromatic carbocycles. The predicted molar refractivity (Wildman–Crippen MR) is 149 cm³/mol. The van der Waals surface area contributed by atoms with Gasteiger partial charge >= 0.3 is 0 Å². The standard InChI is InChI=1S/C29H26FN5O5/c1-5-35-22(16-6-8-17(9-7-16)23-15(2)40-34(4)29(23)39)12-18-14-33(3)28(38)24(25(18)35)27(37)32-19-10-11-21(30)20(13-19)26(31)36/h6-14H,5H2,1-4H3,(H2,31,36)(H,32,37). The number of aromatic nitrogens is 3. The van der Waals surface area contributed by atoms with Gasteiger partial charge in [0.15, 0.2) is 0 Å². The van der Waals surface area contributed by atoms with E-state index in [9.17, 15) is 23.6 Å². The minimum atomic E-state index is -0.981. The minimum absolute atomic E-state index is 0.104. The molecular weight excluding hydrogens is 517 g/mol. The molecule has 0 aliphatic carbocycles. The number of carbonyl (C=O) groups is 2. The van der Waals surface area contributed by atoms with Crippen molar-refractivity contribution in [3.8, 4) is 22.4 Å². The number of halogens is 1. The normalized spacial score (nSPS) is 11.2. The summed E-state index contributed by atoms with van der Waals surface area (Å²) in [6, 6.07) is 12.7. The van der Waals surface area contributed by atoms with Gasteiger partial charge in [-0.25, -0.2) is 4.39 Å². The van der Waals surface area contributed by atoms with Crippen LogP contribution in [0.2, 0.25) is 0 Å². The number of primary amides is 1. The molecule has 5 rings (SSSR count). The SMILES string of the molecule is CCn1c(-c2ccc(-c3c(C)on(C)c3=O)cc2)cc2cn(C)c(=O)c(C(=O)Nc3ccc(F)c(C(N)=O)c3)c21. The lowest BCUT2D eigenvalue weighted by atomic mass is 10.0. The number of nitrogens with zero attached hydrogens (tertiary/aromatic N) is 3. The summed E-state index contributed by atoms with van der Waals surface area (Å²) in [6.45, 7) is 4.07. The number of carbonyl (C=O) groups excluding carboxylic acids is 2. The van der Waals surface area contributed by atoms with Crippen LogP contribution in [0.1, 0.15) is 33.4 Å². The molecule has 0 saturated heterocycles. The summed E-state index contributed by atoms with van der Waals surface area (Å²) >= 11 is 0. The Hall–Kier alpha value is -5.19. The second kappa shape index (κ2) is 9.84. The number of fused-ring (bicyclic) bond motifs is 1. The summed E-state index contributed by atoms with van der Waals surface area (Å²) in [5.41, 5.74) is 7.29. The van der Waals surface area contributed by atoms with E-state index in [0.717, 1.165) is 23.4 Å². The smallest absolute Gasteiger partial charge is 0.290 e. The number of amides is 2. The van der Waals surface area contributed by atoms with Gasteiger partial charge in [0, 0.05) is 43.6 Å². The second-order valence-corrected chi connectivity index (χ2v) is 9.41. The molecule has 0 unspecified atom stereocenters. The number of nitrogens with two attached hydrogens (primary N) is 1. The van der Waals surface area contributed by atoms with Crippen molar-refractivity contribution in [1.29, 1.82) is 0 Å². The zero-order chi connectivity index (χ0) is 28.9. The van der Waals surface area contributed by atoms with Gasteiger partial charge in [0.25, 0.3) is 22.9 Å². The minimum Gasteiger partial charge on any atom is -0.381 e. The number of anilines is 1. The molecule has 204 valence electrons. The molecule has 0 bridgehead atoms. The highest BCUT2D eigenvalue weighted by molar-refractivity contribution is 6.12. The first-order valence-electron chi connectivity index (χ1n) is 12.4. The Kier molecular flexibility index (Phi) is 6.50. The number of pyridine rings is 1. The number of nitrogens with one attached hydrogen (secondary N) is 1. The van der Waals surface area contributed by atoms with Crippen LogP contribution in [0.3, 0.4) is 0 Å². The quantitative estimate of drug-likeness (QED) is 0.336. The van der Waals surface area contributed by atoms with Crippen molar-refractivity contribution in [2.24, 2.45) is 19.8 Å². The van der Waals surface area contributed by atoms with Crippen molar-refractivity contribution in [3.63, 3.8) is 0 Å². The summed E-state index contributed by atoms with van der Waals surface area (Å²) in [5.74, 6) is -2.00. The Balaban J connectivity index is 1.61. The number of hydrogen-bond acceptors (Lipinski definition) is 5. The Morgan fingerprint density at radius 3 is 2.27 bits per heavy atom. The third kappa shape index (κ3) is 4.31. The van der Waals surface area contributed by atoms with Gasteiger partial charge in [-0.3, -0.25) is 19.2 Å². The van der Waals surface area contributed by atoms with Gasteiger partial charge in [-0.05, 0) is 49.2 Å². The zero-order valence-electron chi connectivity index (χ0n) is 22.2. The van der Waals surface area contributed by atoms with E-state index >= 15 is 0 Å². The van der Waals surface area contributed by atoms with Gasteiger partial charge in [-0.2, -0.15) is 4.74 Å². The molecule has 5 aromatic rings. The molecule has 3 aromatic heterocycles. The van der Waals surface area contributed by atoms with Crippen molar-refractivity contribution >= 4 is 28.4 Å². The van der Waals surface area contributed by atoms with Crippen molar-refractivity contribution in [1.82, 2.24) is 13.9 Å². The summed E-state index contributed by atoms with van der Waals surface area (Å²) in [4.78, 5) is 50.7. The van der Waals surface area contributed by atoms with Crippen molar-refractivity contribution in [2.75, 3.05) is 5.32 Å². The molecule has 0 fully saturated rings. The third-order valence-electron chi connectivity index (χ3n) is 6.86. The van der Waals surface area contributed by atoms with Gasteiger partial charge in [-0.1, -0.05) is 24.3 Å². The van der Waals surface area contributed by atoms with Crippen LogP contribution in [0.25, 0.3) is 33.3 Å². The summed E-state index contributed by atoms with van der Waals surface area (Å²) in [5, 5.41) is 3.26. The molecule has 40 heavy (non-hydrogen) atoms. The van der Waals surface area contributed by atoms with Crippen LogP contribution in [0.5, 0.6) is 0 Å². The lowest BCUT2D eigenvalue weighted by molar-refractivity contribution is 0.0992. The number of rotatable bonds is 6. The monoisotopic (exact) mass is 543 g/mol. The Morgan fingerprint density at radius 1 is 1.00 bits per heavy atom. The topological polar surface area (TPSA) is 134 Å². The van der Waals surface area contributed by atoms with Gasteiger partial charge in [0.1, 0.15) is 17.1 Å². The van der Waals surface area contributed by atoms with E-state index in [1.54, 1.807) is 27.2 Å². The molecule has 3 heterocycles. The number of hydrogen-bond donors (Lipinski definition) is 2. The maximum atomic E-state index is 13.9. The van der Waals surface area contributed by atoms with Gasteiger partial charge in [0.05, 0.1) is 16.6 Å². The lowest BCUT2D eigenvalue weighted by Gasteiger charge is -2.13. The Bertz CT molecular complexity index is 1940. The third-order valence-corrected chi connectivity index (χ3v) is 6.86. The van der Waals surface area contributed by atoms with Gasteiger partial charge < -0.3 is 24.7 Å². The second-order valence-electron chi connectivity index (χ2n) is 9.41. The number of aryl methyl sites for hydroxylation is 4. The van der Waals surface area contributed by atoms with E-state index in [4.69, 9.17) is 10.3 Å². The first-order chi connectivity index (χ1) is 19.0. The maximum absolute atomic E-state index is 13.9. The Labute approximate surface area is 227 Å². The molecule has 0 spiro atoms. The number of benzene rings is 2. The first-order valence-corrected chi connectivity index (χ1v) is 12.4. The van der Waals surface area contributed by atoms with E-state index in [-0.39, 0.29) is 22.4 Å². The highest BCUT2D eigenvalue weighted by Gasteiger charge is 2.23. The van der Waals surface area contributed by atoms with Crippen LogP contribution >= 0.6 is 0 Å². The Morgan fingerprint density at radius 2 is 1.68 bits per heavy atom. The van der Waals surface area contributed by atoms with E-state index < -0.39 is 23.2 Å². The largest absolute Gasteiger partial charge is 0.381 e. The van der Waals surface area contributed by atoms with Gasteiger partial charge in [0.2, 0.25) is 0 Å². The van der Waals surface area contributed by atoms with Crippen LogP contribution in [0.4, 0.5) is 10.1 Å².